The molecule has 1 saturated heterocycles. The first kappa shape index (κ1) is 14.0. The second-order valence-electron chi connectivity index (χ2n) is 5.21. The first-order valence-electron chi connectivity index (χ1n) is 6.94. The molecule has 2 aromatic rings. The van der Waals surface area contributed by atoms with E-state index in [1.165, 1.54) is 0 Å². The van der Waals surface area contributed by atoms with Gasteiger partial charge in [-0.3, -0.25) is 9.00 Å². The van der Waals surface area contributed by atoms with Crippen molar-refractivity contribution in [2.24, 2.45) is 0 Å². The molecule has 1 aliphatic heterocycles. The van der Waals surface area contributed by atoms with E-state index in [2.05, 4.69) is 10.3 Å². The lowest BCUT2D eigenvalue weighted by atomic mass is 10.1. The third-order valence-corrected chi connectivity index (χ3v) is 5.09. The Labute approximate surface area is 125 Å². The maximum absolute atomic E-state index is 12.5. The van der Waals surface area contributed by atoms with E-state index in [-0.39, 0.29) is 11.9 Å². The molecule has 0 saturated carbocycles. The van der Waals surface area contributed by atoms with Gasteiger partial charge in [0.15, 0.2) is 0 Å². The number of rotatable bonds is 2. The second-order valence-corrected chi connectivity index (χ2v) is 6.90. The van der Waals surface area contributed by atoms with Crippen LogP contribution in [0.3, 0.4) is 0 Å². The molecule has 0 aliphatic carbocycles. The lowest BCUT2D eigenvalue weighted by Gasteiger charge is -2.22. The predicted octanol–water partition coefficient (Wildman–Crippen LogP) is 1.46. The molecule has 1 aromatic heterocycles. The highest BCUT2D eigenvalue weighted by Crippen LogP contribution is 2.20. The number of hydrogen-bond acceptors (Lipinski definition) is 4. The number of benzene rings is 1. The van der Waals surface area contributed by atoms with Gasteiger partial charge in [-0.2, -0.15) is 0 Å². The molecular weight excluding hydrogens is 286 g/mol. The number of fused-ring (bicyclic) bond motifs is 1. The monoisotopic (exact) mass is 303 g/mol. The number of nitrogens with two attached hydrogens (primary N) is 1. The molecule has 3 rings (SSSR count). The Morgan fingerprint density at radius 3 is 2.76 bits per heavy atom. The molecule has 1 aliphatic rings. The Hall–Kier alpha value is -1.95. The number of anilines is 1. The quantitative estimate of drug-likeness (QED) is 0.879. The van der Waals surface area contributed by atoms with Crippen molar-refractivity contribution in [3.05, 3.63) is 35.9 Å². The number of aromatic nitrogens is 1. The van der Waals surface area contributed by atoms with Gasteiger partial charge in [-0.1, -0.05) is 18.2 Å². The van der Waals surface area contributed by atoms with E-state index in [4.69, 9.17) is 5.73 Å². The molecular formula is C15H17N3O2S. The zero-order chi connectivity index (χ0) is 14.8. The number of carbonyl (C=O) groups excluding carboxylic acids is 1. The van der Waals surface area contributed by atoms with Crippen molar-refractivity contribution in [3.63, 3.8) is 0 Å². The molecule has 0 atom stereocenters. The van der Waals surface area contributed by atoms with Crippen molar-refractivity contribution in [1.82, 2.24) is 10.3 Å². The maximum atomic E-state index is 12.5. The van der Waals surface area contributed by atoms with E-state index in [1.54, 1.807) is 6.07 Å². The van der Waals surface area contributed by atoms with Crippen molar-refractivity contribution in [3.8, 4) is 0 Å². The highest BCUT2D eigenvalue weighted by Gasteiger charge is 2.21. The SMILES string of the molecule is Nc1cc(C(=O)NC2CCS(=O)CC2)c2ccccc2n1. The van der Waals surface area contributed by atoms with Crippen molar-refractivity contribution in [2.45, 2.75) is 18.9 Å². The van der Waals surface area contributed by atoms with Gasteiger partial charge in [0.25, 0.3) is 5.91 Å². The van der Waals surface area contributed by atoms with Crippen LogP contribution in [0.25, 0.3) is 10.9 Å². The Bertz CT molecular complexity index is 707. The fourth-order valence-corrected chi connectivity index (χ4v) is 3.88. The van der Waals surface area contributed by atoms with Gasteiger partial charge in [-0.25, -0.2) is 4.98 Å². The first-order chi connectivity index (χ1) is 10.1. The summed E-state index contributed by atoms with van der Waals surface area (Å²) in [6.07, 6.45) is 1.52. The minimum absolute atomic E-state index is 0.0864. The summed E-state index contributed by atoms with van der Waals surface area (Å²) in [5, 5.41) is 3.81. The topological polar surface area (TPSA) is 85.1 Å². The van der Waals surface area contributed by atoms with Gasteiger partial charge in [0, 0.05) is 33.7 Å². The van der Waals surface area contributed by atoms with Crippen LogP contribution in [0.2, 0.25) is 0 Å². The third-order valence-electron chi connectivity index (χ3n) is 3.70. The number of pyridine rings is 1. The number of nitrogens with one attached hydrogen (secondary N) is 1. The van der Waals surface area contributed by atoms with E-state index >= 15 is 0 Å². The maximum Gasteiger partial charge on any atom is 0.252 e. The molecule has 0 spiro atoms. The molecule has 0 radical (unpaired) electrons. The van der Waals surface area contributed by atoms with Crippen molar-refractivity contribution >= 4 is 33.4 Å². The number of para-hydroxylation sites is 1. The van der Waals surface area contributed by atoms with E-state index < -0.39 is 10.8 Å². The third kappa shape index (κ3) is 3.05. The Balaban J connectivity index is 1.86. The Kier molecular flexibility index (Phi) is 3.88. The number of hydrogen-bond donors (Lipinski definition) is 2. The molecule has 0 bridgehead atoms. The standard InChI is InChI=1S/C15H17N3O2S/c16-14-9-12(11-3-1-2-4-13(11)18-14)15(19)17-10-5-7-21(20)8-6-10/h1-4,9-10H,5-8H2,(H2,16,18)(H,17,19). The van der Waals surface area contributed by atoms with Crippen LogP contribution in [0, 0.1) is 0 Å². The fourth-order valence-electron chi connectivity index (χ4n) is 2.59. The van der Waals surface area contributed by atoms with Crippen LogP contribution in [-0.2, 0) is 10.8 Å². The van der Waals surface area contributed by atoms with Crippen LogP contribution in [0.4, 0.5) is 5.82 Å². The smallest absolute Gasteiger partial charge is 0.252 e. The van der Waals surface area contributed by atoms with Crippen LogP contribution < -0.4 is 11.1 Å². The van der Waals surface area contributed by atoms with Gasteiger partial charge in [-0.15, -0.1) is 0 Å². The van der Waals surface area contributed by atoms with E-state index in [9.17, 15) is 9.00 Å². The van der Waals surface area contributed by atoms with Crippen LogP contribution in [0.15, 0.2) is 30.3 Å². The zero-order valence-electron chi connectivity index (χ0n) is 11.5. The number of carbonyl (C=O) groups is 1. The van der Waals surface area contributed by atoms with Gasteiger partial charge in [0.1, 0.15) is 5.82 Å². The normalized spacial score (nSPS) is 22.1. The lowest BCUT2D eigenvalue weighted by molar-refractivity contribution is 0.0936. The minimum Gasteiger partial charge on any atom is -0.384 e. The second kappa shape index (κ2) is 5.81. The van der Waals surface area contributed by atoms with Gasteiger partial charge in [0.05, 0.1) is 11.1 Å². The Morgan fingerprint density at radius 1 is 1.29 bits per heavy atom. The lowest BCUT2D eigenvalue weighted by Crippen LogP contribution is -2.39. The molecule has 0 unspecified atom stereocenters. The van der Waals surface area contributed by atoms with Gasteiger partial charge < -0.3 is 11.1 Å². The van der Waals surface area contributed by atoms with Crippen LogP contribution >= 0.6 is 0 Å². The van der Waals surface area contributed by atoms with E-state index in [0.717, 1.165) is 18.2 Å². The van der Waals surface area contributed by atoms with Crippen LogP contribution in [0.1, 0.15) is 23.2 Å². The Morgan fingerprint density at radius 2 is 2.00 bits per heavy atom. The number of nitrogens with zero attached hydrogens (tertiary/aromatic N) is 1. The molecule has 1 amide bonds. The predicted molar refractivity (Wildman–Crippen MR) is 84.5 cm³/mol. The molecule has 6 heteroatoms. The summed E-state index contributed by atoms with van der Waals surface area (Å²) in [5.74, 6) is 1.51. The zero-order valence-corrected chi connectivity index (χ0v) is 12.4. The van der Waals surface area contributed by atoms with Crippen molar-refractivity contribution in [2.75, 3.05) is 17.2 Å². The van der Waals surface area contributed by atoms with Crippen molar-refractivity contribution in [1.29, 1.82) is 0 Å². The highest BCUT2D eigenvalue weighted by atomic mass is 32.2. The summed E-state index contributed by atoms with van der Waals surface area (Å²) in [7, 11) is -0.727. The number of nitrogen functional groups attached to an aromatic ring is 1. The fraction of sp³-hybridized carbons (Fsp3) is 0.333. The highest BCUT2D eigenvalue weighted by molar-refractivity contribution is 7.85. The molecule has 1 aromatic carbocycles. The number of amides is 1. The largest absolute Gasteiger partial charge is 0.384 e. The first-order valence-corrected chi connectivity index (χ1v) is 8.43. The molecule has 1 fully saturated rings. The van der Waals surface area contributed by atoms with Gasteiger partial charge in [-0.05, 0) is 25.0 Å². The summed E-state index contributed by atoms with van der Waals surface area (Å²) in [4.78, 5) is 16.7. The van der Waals surface area contributed by atoms with E-state index in [0.29, 0.717) is 28.4 Å². The van der Waals surface area contributed by atoms with Crippen LogP contribution in [0.5, 0.6) is 0 Å². The van der Waals surface area contributed by atoms with Crippen LogP contribution in [-0.4, -0.2) is 32.6 Å². The summed E-state index contributed by atoms with van der Waals surface area (Å²) < 4.78 is 11.4. The van der Waals surface area contributed by atoms with E-state index in [1.807, 2.05) is 24.3 Å². The molecule has 21 heavy (non-hydrogen) atoms. The summed E-state index contributed by atoms with van der Waals surface area (Å²) >= 11 is 0. The molecule has 2 heterocycles. The minimum atomic E-state index is -0.727. The van der Waals surface area contributed by atoms with Gasteiger partial charge >= 0.3 is 0 Å². The molecule has 110 valence electrons. The summed E-state index contributed by atoms with van der Waals surface area (Å²) in [5.41, 5.74) is 7.04. The summed E-state index contributed by atoms with van der Waals surface area (Å²) in [6, 6.07) is 9.15. The van der Waals surface area contributed by atoms with Crippen molar-refractivity contribution < 1.29 is 9.00 Å². The summed E-state index contributed by atoms with van der Waals surface area (Å²) in [6.45, 7) is 0. The molecule has 5 nitrogen and oxygen atoms in total. The average molecular weight is 303 g/mol. The van der Waals surface area contributed by atoms with Gasteiger partial charge in [0.2, 0.25) is 0 Å². The average Bonchev–Trinajstić information content (AvgIpc) is 2.48. The molecule has 3 N–H and O–H groups in total.